The molecule has 3 unspecified atom stereocenters. The van der Waals surface area contributed by atoms with E-state index < -0.39 is 28.7 Å². The fourth-order valence-corrected chi connectivity index (χ4v) is 11.9. The van der Waals surface area contributed by atoms with Crippen LogP contribution in [0.1, 0.15) is 50.1 Å². The number of amides is 3. The highest BCUT2D eigenvalue weighted by Crippen LogP contribution is 2.69. The van der Waals surface area contributed by atoms with Crippen LogP contribution in [-0.4, -0.2) is 79.2 Å². The molecule has 2 aromatic carbocycles. The van der Waals surface area contributed by atoms with Crippen molar-refractivity contribution in [3.8, 4) is 0 Å². The Morgan fingerprint density at radius 2 is 1.64 bits per heavy atom. The number of para-hydroxylation sites is 1. The number of benzene rings is 2. The lowest BCUT2D eigenvalue weighted by Crippen LogP contribution is -2.58. The average molecular weight is 693 g/mol. The predicted octanol–water partition coefficient (Wildman–Crippen LogP) is 5.75. The number of aliphatic hydroxyl groups excluding tert-OH is 1. The standard InChI is InChI=1S/C36H42BrN3O4S/c1-3-20-38(25-16-10-6-11-17-25)33(42)29-30-34(43)40(28(23-41)24-14-8-5-9-15-24)32(36(30)22-27(37)31(29)45-36)35(44)39(21-4-2)26-18-12-7-13-19-26/h3-6,8-11,14-17,26-32,41H,1-2,7,12-13,18-23H2/t27?,28-,29+,30+,31+,32?,36?/m1/s1. The Kier molecular flexibility index (Phi) is 9.60. The van der Waals surface area contributed by atoms with Crippen molar-refractivity contribution < 1.29 is 19.5 Å². The number of carbonyl (C=O) groups is 3. The van der Waals surface area contributed by atoms with E-state index in [-0.39, 0.29) is 40.4 Å². The van der Waals surface area contributed by atoms with E-state index in [4.69, 9.17) is 0 Å². The fraction of sp³-hybridized carbons (Fsp3) is 0.472. The van der Waals surface area contributed by atoms with E-state index >= 15 is 4.79 Å². The van der Waals surface area contributed by atoms with Gasteiger partial charge in [0, 0.05) is 34.9 Å². The zero-order valence-corrected chi connectivity index (χ0v) is 28.0. The van der Waals surface area contributed by atoms with Gasteiger partial charge in [0.2, 0.25) is 17.7 Å². The van der Waals surface area contributed by atoms with Crippen LogP contribution in [0.25, 0.3) is 0 Å². The van der Waals surface area contributed by atoms with E-state index in [2.05, 4.69) is 29.1 Å². The minimum atomic E-state index is -0.827. The van der Waals surface area contributed by atoms with E-state index in [1.165, 1.54) is 0 Å². The highest BCUT2D eigenvalue weighted by atomic mass is 79.9. The monoisotopic (exact) mass is 691 g/mol. The van der Waals surface area contributed by atoms with E-state index in [1.807, 2.05) is 65.6 Å². The molecule has 7 nitrogen and oxygen atoms in total. The van der Waals surface area contributed by atoms with Crippen LogP contribution < -0.4 is 4.90 Å². The minimum Gasteiger partial charge on any atom is -0.394 e. The lowest BCUT2D eigenvalue weighted by Gasteiger charge is -2.43. The Balaban J connectivity index is 1.47. The zero-order valence-electron chi connectivity index (χ0n) is 25.5. The molecular formula is C36H42BrN3O4S. The van der Waals surface area contributed by atoms with Crippen molar-refractivity contribution >= 4 is 51.1 Å². The van der Waals surface area contributed by atoms with Gasteiger partial charge in [-0.3, -0.25) is 14.4 Å². The molecule has 3 heterocycles. The van der Waals surface area contributed by atoms with Crippen LogP contribution in [0.2, 0.25) is 0 Å². The van der Waals surface area contributed by atoms with Crippen LogP contribution in [0.5, 0.6) is 0 Å². The molecule has 4 fully saturated rings. The summed E-state index contributed by atoms with van der Waals surface area (Å²) < 4.78 is -0.819. The summed E-state index contributed by atoms with van der Waals surface area (Å²) in [5.74, 6) is -1.80. The van der Waals surface area contributed by atoms with Crippen molar-refractivity contribution in [3.63, 3.8) is 0 Å². The molecule has 238 valence electrons. The lowest BCUT2D eigenvalue weighted by molar-refractivity contribution is -0.147. The fourth-order valence-electron chi connectivity index (χ4n) is 8.34. The van der Waals surface area contributed by atoms with Crippen molar-refractivity contribution in [2.24, 2.45) is 11.8 Å². The number of hydrogen-bond donors (Lipinski definition) is 1. The zero-order chi connectivity index (χ0) is 31.7. The highest BCUT2D eigenvalue weighted by Gasteiger charge is 2.76. The number of anilines is 1. The molecule has 0 radical (unpaired) electrons. The van der Waals surface area contributed by atoms with Gasteiger partial charge in [0.15, 0.2) is 0 Å². The van der Waals surface area contributed by atoms with Crippen LogP contribution in [0.15, 0.2) is 86.0 Å². The third-order valence-electron chi connectivity index (χ3n) is 10.2. The molecule has 9 heteroatoms. The summed E-state index contributed by atoms with van der Waals surface area (Å²) in [4.78, 5) is 49.9. The smallest absolute Gasteiger partial charge is 0.247 e. The largest absolute Gasteiger partial charge is 0.394 e. The molecule has 1 spiro atoms. The van der Waals surface area contributed by atoms with E-state index in [0.29, 0.717) is 19.5 Å². The van der Waals surface area contributed by atoms with Gasteiger partial charge in [-0.15, -0.1) is 24.9 Å². The summed E-state index contributed by atoms with van der Waals surface area (Å²) in [7, 11) is 0. The van der Waals surface area contributed by atoms with Gasteiger partial charge in [-0.05, 0) is 37.0 Å². The molecule has 45 heavy (non-hydrogen) atoms. The van der Waals surface area contributed by atoms with Gasteiger partial charge in [0.05, 0.1) is 29.2 Å². The summed E-state index contributed by atoms with van der Waals surface area (Å²) in [5.41, 5.74) is 1.52. The first-order valence-electron chi connectivity index (χ1n) is 16.1. The molecule has 1 N–H and O–H groups in total. The number of likely N-dealkylation sites (tertiary alicyclic amines) is 1. The number of hydrogen-bond acceptors (Lipinski definition) is 5. The van der Waals surface area contributed by atoms with Gasteiger partial charge in [-0.25, -0.2) is 0 Å². The normalized spacial score (nSPS) is 29.7. The number of nitrogens with zero attached hydrogens (tertiary/aromatic N) is 3. The molecule has 3 aliphatic heterocycles. The topological polar surface area (TPSA) is 81.2 Å². The number of alkyl halides is 1. The lowest BCUT2D eigenvalue weighted by atomic mass is 9.70. The van der Waals surface area contributed by atoms with Crippen molar-refractivity contribution in [1.29, 1.82) is 0 Å². The first-order valence-corrected chi connectivity index (χ1v) is 17.9. The summed E-state index contributed by atoms with van der Waals surface area (Å²) in [6.07, 6.45) is 9.18. The SMILES string of the molecule is C=CCN(C(=O)[C@H]1[C@H]2C(=O)N([C@H](CO)c3ccccc3)C(C(=O)N(CC=C)C3CCCCC3)C23CC(Br)[C@@H]1S3)c1ccccc1. The predicted molar refractivity (Wildman–Crippen MR) is 183 cm³/mol. The maximum atomic E-state index is 15.1. The third-order valence-corrected chi connectivity index (χ3v) is 13.4. The summed E-state index contributed by atoms with van der Waals surface area (Å²) in [5, 5.41) is 10.7. The van der Waals surface area contributed by atoms with Gasteiger partial charge in [0.25, 0.3) is 0 Å². The number of halogens is 1. The molecular weight excluding hydrogens is 650 g/mol. The third kappa shape index (κ3) is 5.48. The van der Waals surface area contributed by atoms with E-state index in [9.17, 15) is 14.7 Å². The number of fused-ring (bicyclic) bond motifs is 1. The number of aliphatic hydroxyl groups is 1. The first kappa shape index (κ1) is 32.1. The molecule has 2 aromatic rings. The van der Waals surface area contributed by atoms with Crippen LogP contribution >= 0.6 is 27.7 Å². The molecule has 1 aliphatic carbocycles. The average Bonchev–Trinajstić information content (AvgIpc) is 3.67. The first-order chi connectivity index (χ1) is 21.9. The molecule has 6 rings (SSSR count). The molecule has 3 amide bonds. The Morgan fingerprint density at radius 1 is 1.00 bits per heavy atom. The molecule has 2 bridgehead atoms. The van der Waals surface area contributed by atoms with E-state index in [1.54, 1.807) is 33.7 Å². The minimum absolute atomic E-state index is 0.0519. The Hall–Kier alpha value is -2.88. The Morgan fingerprint density at radius 3 is 2.27 bits per heavy atom. The van der Waals surface area contributed by atoms with Crippen molar-refractivity contribution in [3.05, 3.63) is 91.5 Å². The Bertz CT molecular complexity index is 1420. The summed E-state index contributed by atoms with van der Waals surface area (Å²) >= 11 is 5.54. The van der Waals surface area contributed by atoms with Crippen LogP contribution in [-0.2, 0) is 14.4 Å². The highest BCUT2D eigenvalue weighted by molar-refractivity contribution is 9.09. The Labute approximate surface area is 278 Å². The maximum Gasteiger partial charge on any atom is 0.247 e. The van der Waals surface area contributed by atoms with Gasteiger partial charge >= 0.3 is 0 Å². The van der Waals surface area contributed by atoms with Gasteiger partial charge in [-0.2, -0.15) is 0 Å². The number of thioether (sulfide) groups is 1. The molecule has 0 aromatic heterocycles. The van der Waals surface area contributed by atoms with Crippen molar-refractivity contribution in [2.75, 3.05) is 24.6 Å². The van der Waals surface area contributed by atoms with Crippen molar-refractivity contribution in [1.82, 2.24) is 9.80 Å². The second-order valence-corrected chi connectivity index (χ2v) is 15.4. The van der Waals surface area contributed by atoms with Crippen molar-refractivity contribution in [2.45, 2.75) is 71.5 Å². The van der Waals surface area contributed by atoms with Crippen LogP contribution in [0.4, 0.5) is 5.69 Å². The summed E-state index contributed by atoms with van der Waals surface area (Å²) in [6, 6.07) is 17.5. The van der Waals surface area contributed by atoms with Crippen LogP contribution in [0, 0.1) is 11.8 Å². The molecule has 4 aliphatic rings. The number of rotatable bonds is 11. The molecule has 3 saturated heterocycles. The molecule has 1 saturated carbocycles. The second-order valence-electron chi connectivity index (χ2n) is 12.7. The maximum absolute atomic E-state index is 15.1. The number of carbonyl (C=O) groups excluding carboxylic acids is 3. The van der Waals surface area contributed by atoms with Crippen LogP contribution in [0.3, 0.4) is 0 Å². The quantitative estimate of drug-likeness (QED) is 0.240. The van der Waals surface area contributed by atoms with E-state index in [0.717, 1.165) is 43.4 Å². The second kappa shape index (κ2) is 13.5. The van der Waals surface area contributed by atoms with Gasteiger partial charge < -0.3 is 19.8 Å². The molecule has 7 atom stereocenters. The van der Waals surface area contributed by atoms with Gasteiger partial charge in [-0.1, -0.05) is 95.9 Å². The van der Waals surface area contributed by atoms with Gasteiger partial charge in [0.1, 0.15) is 6.04 Å². The summed E-state index contributed by atoms with van der Waals surface area (Å²) in [6.45, 7) is 8.26.